The van der Waals surface area contributed by atoms with Crippen LogP contribution in [0, 0.1) is 0 Å². The summed E-state index contributed by atoms with van der Waals surface area (Å²) in [6, 6.07) is 10.9. The van der Waals surface area contributed by atoms with E-state index < -0.39 is 0 Å². The number of pyridine rings is 1. The van der Waals surface area contributed by atoms with Gasteiger partial charge in [-0.1, -0.05) is 17.3 Å². The van der Waals surface area contributed by atoms with Crippen LogP contribution < -0.4 is 15.0 Å². The Kier molecular flexibility index (Phi) is 8.15. The van der Waals surface area contributed by atoms with Gasteiger partial charge in [-0.25, -0.2) is 9.97 Å². The van der Waals surface area contributed by atoms with E-state index in [-0.39, 0.29) is 17.5 Å². The minimum absolute atomic E-state index is 0.152. The number of methoxy groups -OCH3 is 2. The van der Waals surface area contributed by atoms with Crippen molar-refractivity contribution < 1.29 is 23.5 Å². The molecule has 0 atom stereocenters. The van der Waals surface area contributed by atoms with Crippen molar-refractivity contribution in [3.63, 3.8) is 0 Å². The molecular weight excluding hydrogens is 454 g/mol. The summed E-state index contributed by atoms with van der Waals surface area (Å²) >= 11 is 0. The third-order valence-electron chi connectivity index (χ3n) is 4.87. The molecule has 0 bridgehead atoms. The number of aromatic nitrogens is 5. The van der Waals surface area contributed by atoms with E-state index in [0.29, 0.717) is 55.7 Å². The first kappa shape index (κ1) is 24.0. The summed E-state index contributed by atoms with van der Waals surface area (Å²) in [6.07, 6.45) is 4.77. The smallest absolute Gasteiger partial charge is 0.316 e. The quantitative estimate of drug-likeness (QED) is 0.280. The van der Waals surface area contributed by atoms with Crippen molar-refractivity contribution in [2.75, 3.05) is 40.6 Å². The molecule has 11 heteroatoms. The summed E-state index contributed by atoms with van der Waals surface area (Å²) < 4.78 is 27.9. The predicted molar refractivity (Wildman–Crippen MR) is 125 cm³/mol. The van der Waals surface area contributed by atoms with Crippen LogP contribution in [0.3, 0.4) is 0 Å². The summed E-state index contributed by atoms with van der Waals surface area (Å²) in [7, 11) is 3.21. The van der Waals surface area contributed by atoms with Crippen LogP contribution in [0.4, 0.5) is 0 Å². The van der Waals surface area contributed by atoms with E-state index in [1.807, 2.05) is 24.3 Å². The predicted octanol–water partition coefficient (Wildman–Crippen LogP) is 2.45. The maximum atomic E-state index is 12.5. The molecule has 0 unspecified atom stereocenters. The van der Waals surface area contributed by atoms with Crippen LogP contribution in [0.2, 0.25) is 0 Å². The summed E-state index contributed by atoms with van der Waals surface area (Å²) in [5, 5.41) is 4.04. The van der Waals surface area contributed by atoms with Crippen molar-refractivity contribution in [3.8, 4) is 34.6 Å². The molecular formula is C24H25N5O6. The van der Waals surface area contributed by atoms with Crippen molar-refractivity contribution in [2.45, 2.75) is 6.54 Å². The van der Waals surface area contributed by atoms with E-state index in [0.717, 1.165) is 5.56 Å². The number of benzene rings is 1. The van der Waals surface area contributed by atoms with Gasteiger partial charge >= 0.3 is 6.01 Å². The summed E-state index contributed by atoms with van der Waals surface area (Å²) in [6.45, 7) is 2.09. The first-order valence-electron chi connectivity index (χ1n) is 10.9. The first-order valence-corrected chi connectivity index (χ1v) is 10.9. The van der Waals surface area contributed by atoms with Gasteiger partial charge < -0.3 is 28.0 Å². The molecule has 0 aliphatic heterocycles. The minimum Gasteiger partial charge on any atom is -0.491 e. The van der Waals surface area contributed by atoms with E-state index >= 15 is 0 Å². The van der Waals surface area contributed by atoms with E-state index in [9.17, 15) is 4.79 Å². The summed E-state index contributed by atoms with van der Waals surface area (Å²) in [5.41, 5.74) is 1.94. The van der Waals surface area contributed by atoms with Gasteiger partial charge in [-0.05, 0) is 23.8 Å². The lowest BCUT2D eigenvalue weighted by Crippen LogP contribution is -2.19. The second-order valence-electron chi connectivity index (χ2n) is 7.39. The van der Waals surface area contributed by atoms with Crippen LogP contribution in [0.1, 0.15) is 5.56 Å². The van der Waals surface area contributed by atoms with E-state index in [2.05, 4.69) is 20.1 Å². The Morgan fingerprint density at radius 1 is 0.914 bits per heavy atom. The van der Waals surface area contributed by atoms with Gasteiger partial charge in [0.25, 0.3) is 11.4 Å². The largest absolute Gasteiger partial charge is 0.491 e. The fourth-order valence-corrected chi connectivity index (χ4v) is 3.14. The molecule has 4 aromatic rings. The molecule has 0 aliphatic rings. The number of hydrogen-bond acceptors (Lipinski definition) is 10. The summed E-state index contributed by atoms with van der Waals surface area (Å²) in [5.74, 6) is 1.30. The lowest BCUT2D eigenvalue weighted by molar-refractivity contribution is 0.141. The Bertz CT molecular complexity index is 1290. The molecule has 0 amide bonds. The second-order valence-corrected chi connectivity index (χ2v) is 7.39. The van der Waals surface area contributed by atoms with Crippen LogP contribution in [-0.2, 0) is 16.0 Å². The maximum absolute atomic E-state index is 12.5. The van der Waals surface area contributed by atoms with Crippen molar-refractivity contribution in [3.05, 3.63) is 70.9 Å². The molecule has 0 saturated heterocycles. The number of nitrogens with zero attached hydrogens (tertiary/aromatic N) is 5. The molecule has 0 aliphatic carbocycles. The highest BCUT2D eigenvalue weighted by atomic mass is 16.5. The van der Waals surface area contributed by atoms with Gasteiger partial charge in [-0.15, -0.1) is 0 Å². The van der Waals surface area contributed by atoms with Crippen LogP contribution in [0.25, 0.3) is 22.8 Å². The monoisotopic (exact) mass is 479 g/mol. The Morgan fingerprint density at radius 3 is 2.46 bits per heavy atom. The molecule has 182 valence electrons. The molecule has 0 spiro atoms. The topological polar surface area (TPSA) is 124 Å². The van der Waals surface area contributed by atoms with Gasteiger partial charge in [0.15, 0.2) is 0 Å². The zero-order valence-electron chi connectivity index (χ0n) is 19.4. The lowest BCUT2D eigenvalue weighted by atomic mass is 10.2. The first-order chi connectivity index (χ1) is 17.2. The molecule has 11 nitrogen and oxygen atoms in total. The van der Waals surface area contributed by atoms with Crippen molar-refractivity contribution in [1.29, 1.82) is 0 Å². The van der Waals surface area contributed by atoms with E-state index in [1.54, 1.807) is 31.0 Å². The van der Waals surface area contributed by atoms with Crippen LogP contribution in [-0.4, -0.2) is 65.3 Å². The Labute approximate surface area is 201 Å². The zero-order valence-corrected chi connectivity index (χ0v) is 19.4. The van der Waals surface area contributed by atoms with Gasteiger partial charge in [-0.2, -0.15) is 4.98 Å². The van der Waals surface area contributed by atoms with Crippen LogP contribution in [0.15, 0.2) is 64.3 Å². The van der Waals surface area contributed by atoms with Gasteiger partial charge in [0, 0.05) is 44.4 Å². The number of ether oxygens (including phenoxy) is 4. The molecule has 3 heterocycles. The molecule has 1 aromatic carbocycles. The lowest BCUT2D eigenvalue weighted by Gasteiger charge is -2.10. The normalized spacial score (nSPS) is 10.9. The Morgan fingerprint density at radius 2 is 1.69 bits per heavy atom. The highest BCUT2D eigenvalue weighted by Gasteiger charge is 2.13. The van der Waals surface area contributed by atoms with Gasteiger partial charge in [0.05, 0.1) is 25.3 Å². The molecule has 0 saturated carbocycles. The van der Waals surface area contributed by atoms with Crippen molar-refractivity contribution in [1.82, 2.24) is 24.7 Å². The van der Waals surface area contributed by atoms with Crippen molar-refractivity contribution in [2.24, 2.45) is 0 Å². The summed E-state index contributed by atoms with van der Waals surface area (Å²) in [4.78, 5) is 25.2. The van der Waals surface area contributed by atoms with Crippen LogP contribution in [0.5, 0.6) is 11.8 Å². The second kappa shape index (κ2) is 11.9. The van der Waals surface area contributed by atoms with Crippen molar-refractivity contribution >= 4 is 0 Å². The fraction of sp³-hybridized carbons (Fsp3) is 0.292. The van der Waals surface area contributed by atoms with Crippen LogP contribution >= 0.6 is 0 Å². The van der Waals surface area contributed by atoms with E-state index in [4.69, 9.17) is 23.5 Å². The average molecular weight is 479 g/mol. The fourth-order valence-electron chi connectivity index (χ4n) is 3.14. The Hall–Kier alpha value is -4.09. The minimum atomic E-state index is -0.152. The van der Waals surface area contributed by atoms with E-state index in [1.165, 1.54) is 18.5 Å². The molecule has 4 rings (SSSR count). The molecule has 0 fully saturated rings. The number of rotatable bonds is 12. The van der Waals surface area contributed by atoms with Gasteiger partial charge in [0.2, 0.25) is 5.82 Å². The Balaban J connectivity index is 1.48. The molecule has 0 radical (unpaired) electrons. The maximum Gasteiger partial charge on any atom is 0.316 e. The molecule has 35 heavy (non-hydrogen) atoms. The molecule has 0 N–H and O–H groups in total. The highest BCUT2D eigenvalue weighted by Crippen LogP contribution is 2.22. The standard InChI is InChI=1S/C24H25N5O6/c1-31-8-10-33-20-5-3-4-17(12-20)15-29-16-18(6-7-21(29)30)22-27-23(35-28-22)19-13-25-24(26-14-19)34-11-9-32-2/h3-7,12-14,16H,8-11,15H2,1-2H3. The number of hydrogen-bond donors (Lipinski definition) is 0. The zero-order chi connectivity index (χ0) is 24.5. The average Bonchev–Trinajstić information content (AvgIpc) is 3.37. The molecule has 3 aromatic heterocycles. The van der Waals surface area contributed by atoms with Gasteiger partial charge in [-0.3, -0.25) is 4.79 Å². The SMILES string of the molecule is COCCOc1cccc(Cn2cc(-c3noc(-c4cnc(OCCOC)nc4)n3)ccc2=O)c1. The highest BCUT2D eigenvalue weighted by molar-refractivity contribution is 5.57. The third-order valence-corrected chi connectivity index (χ3v) is 4.87. The van der Waals surface area contributed by atoms with Gasteiger partial charge in [0.1, 0.15) is 19.0 Å². The third kappa shape index (κ3) is 6.49.